The highest BCUT2D eigenvalue weighted by atomic mass is 16.5. The number of carbonyl (C=O) groups excluding carboxylic acids is 1. The molecule has 0 bridgehead atoms. The monoisotopic (exact) mass is 254 g/mol. The van der Waals surface area contributed by atoms with E-state index in [0.29, 0.717) is 18.9 Å². The summed E-state index contributed by atoms with van der Waals surface area (Å²) in [5.74, 6) is 0.818. The van der Waals surface area contributed by atoms with Crippen LogP contribution in [0.5, 0.6) is 0 Å². The summed E-state index contributed by atoms with van der Waals surface area (Å²) in [6.45, 7) is 6.04. The molecular formula is C14H26N2O2. The molecule has 4 nitrogen and oxygen atoms in total. The number of rotatable bonds is 6. The second-order valence-electron chi connectivity index (χ2n) is 5.90. The van der Waals surface area contributed by atoms with E-state index in [1.807, 2.05) is 4.90 Å². The van der Waals surface area contributed by atoms with Gasteiger partial charge in [-0.1, -0.05) is 6.42 Å². The molecule has 4 heteroatoms. The third-order valence-corrected chi connectivity index (χ3v) is 4.61. The van der Waals surface area contributed by atoms with Crippen molar-refractivity contribution in [1.29, 1.82) is 0 Å². The molecule has 1 aliphatic heterocycles. The molecule has 1 atom stereocenters. The molecule has 1 amide bonds. The summed E-state index contributed by atoms with van der Waals surface area (Å²) >= 11 is 0. The van der Waals surface area contributed by atoms with Crippen LogP contribution >= 0.6 is 0 Å². The lowest BCUT2D eigenvalue weighted by Crippen LogP contribution is -2.44. The van der Waals surface area contributed by atoms with Crippen LogP contribution in [0.25, 0.3) is 0 Å². The van der Waals surface area contributed by atoms with Crippen LogP contribution in [-0.4, -0.2) is 43.7 Å². The smallest absolute Gasteiger partial charge is 0.223 e. The molecule has 2 N–H and O–H groups in total. The standard InChI is InChI=1S/C14H26N2O2/c1-2-16(9-12-4-7-18-10-12)13(17)8-14(11-15)5-3-6-14/h12H,2-11,15H2,1H3. The maximum Gasteiger partial charge on any atom is 0.223 e. The van der Waals surface area contributed by atoms with Crippen LogP contribution < -0.4 is 5.73 Å². The summed E-state index contributed by atoms with van der Waals surface area (Å²) in [7, 11) is 0. The molecule has 2 rings (SSSR count). The first-order chi connectivity index (χ1) is 8.69. The number of hydrogen-bond donors (Lipinski definition) is 1. The first-order valence-corrected chi connectivity index (χ1v) is 7.25. The van der Waals surface area contributed by atoms with E-state index in [1.54, 1.807) is 0 Å². The molecule has 1 saturated heterocycles. The third-order valence-electron chi connectivity index (χ3n) is 4.61. The average Bonchev–Trinajstić information content (AvgIpc) is 2.83. The minimum absolute atomic E-state index is 0.122. The molecule has 18 heavy (non-hydrogen) atoms. The Hall–Kier alpha value is -0.610. The van der Waals surface area contributed by atoms with Crippen molar-refractivity contribution in [3.63, 3.8) is 0 Å². The number of carbonyl (C=O) groups is 1. The number of ether oxygens (including phenoxy) is 1. The van der Waals surface area contributed by atoms with Crippen molar-refractivity contribution in [2.24, 2.45) is 17.1 Å². The van der Waals surface area contributed by atoms with Crippen molar-refractivity contribution in [2.45, 2.75) is 39.0 Å². The Kier molecular flexibility index (Phi) is 4.62. The van der Waals surface area contributed by atoms with Gasteiger partial charge in [-0.05, 0) is 38.1 Å². The van der Waals surface area contributed by atoms with Gasteiger partial charge in [0.05, 0.1) is 6.61 Å². The van der Waals surface area contributed by atoms with E-state index in [2.05, 4.69) is 6.92 Å². The maximum absolute atomic E-state index is 12.4. The first-order valence-electron chi connectivity index (χ1n) is 7.25. The lowest BCUT2D eigenvalue weighted by atomic mass is 9.66. The van der Waals surface area contributed by atoms with Gasteiger partial charge < -0.3 is 15.4 Å². The van der Waals surface area contributed by atoms with E-state index in [4.69, 9.17) is 10.5 Å². The van der Waals surface area contributed by atoms with E-state index >= 15 is 0 Å². The fourth-order valence-corrected chi connectivity index (χ4v) is 3.01. The minimum atomic E-state index is 0.122. The van der Waals surface area contributed by atoms with E-state index in [9.17, 15) is 4.79 Å². The number of nitrogens with two attached hydrogens (primary N) is 1. The molecule has 0 radical (unpaired) electrons. The molecule has 0 aromatic rings. The van der Waals surface area contributed by atoms with Gasteiger partial charge in [-0.15, -0.1) is 0 Å². The molecule has 1 unspecified atom stereocenters. The van der Waals surface area contributed by atoms with Crippen molar-refractivity contribution in [1.82, 2.24) is 4.90 Å². The Balaban J connectivity index is 1.84. The first kappa shape index (κ1) is 13.8. The highest BCUT2D eigenvalue weighted by Gasteiger charge is 2.38. The molecule has 0 aromatic carbocycles. The van der Waals surface area contributed by atoms with Crippen LogP contribution in [-0.2, 0) is 9.53 Å². The van der Waals surface area contributed by atoms with Crippen LogP contribution in [0.15, 0.2) is 0 Å². The van der Waals surface area contributed by atoms with Gasteiger partial charge in [0.2, 0.25) is 5.91 Å². The molecule has 0 aromatic heterocycles. The quantitative estimate of drug-likeness (QED) is 0.779. The summed E-state index contributed by atoms with van der Waals surface area (Å²) < 4.78 is 5.38. The van der Waals surface area contributed by atoms with Crippen molar-refractivity contribution in [3.8, 4) is 0 Å². The lowest BCUT2D eigenvalue weighted by molar-refractivity contribution is -0.135. The maximum atomic E-state index is 12.4. The van der Waals surface area contributed by atoms with Gasteiger partial charge in [-0.3, -0.25) is 4.79 Å². The highest BCUT2D eigenvalue weighted by Crippen LogP contribution is 2.43. The molecule has 2 aliphatic rings. The number of hydrogen-bond acceptors (Lipinski definition) is 3. The summed E-state index contributed by atoms with van der Waals surface area (Å²) in [6.07, 6.45) is 5.21. The van der Waals surface area contributed by atoms with Gasteiger partial charge in [0.15, 0.2) is 0 Å². The molecule has 0 spiro atoms. The Morgan fingerprint density at radius 2 is 2.28 bits per heavy atom. The molecule has 1 heterocycles. The zero-order chi connectivity index (χ0) is 13.0. The summed E-state index contributed by atoms with van der Waals surface area (Å²) in [5, 5.41) is 0. The van der Waals surface area contributed by atoms with Gasteiger partial charge in [0.25, 0.3) is 0 Å². The summed E-state index contributed by atoms with van der Waals surface area (Å²) in [4.78, 5) is 14.4. The third kappa shape index (κ3) is 3.04. The largest absolute Gasteiger partial charge is 0.381 e. The fourth-order valence-electron chi connectivity index (χ4n) is 3.01. The van der Waals surface area contributed by atoms with Gasteiger partial charge in [-0.25, -0.2) is 0 Å². The van der Waals surface area contributed by atoms with E-state index in [-0.39, 0.29) is 11.3 Å². The fraction of sp³-hybridized carbons (Fsp3) is 0.929. The highest BCUT2D eigenvalue weighted by molar-refractivity contribution is 5.77. The van der Waals surface area contributed by atoms with Crippen molar-refractivity contribution < 1.29 is 9.53 Å². The van der Waals surface area contributed by atoms with Gasteiger partial charge in [-0.2, -0.15) is 0 Å². The molecule has 1 saturated carbocycles. The molecule has 2 fully saturated rings. The predicted molar refractivity (Wildman–Crippen MR) is 71.1 cm³/mol. The molecular weight excluding hydrogens is 228 g/mol. The van der Waals surface area contributed by atoms with Gasteiger partial charge >= 0.3 is 0 Å². The van der Waals surface area contributed by atoms with E-state index in [0.717, 1.165) is 45.6 Å². The van der Waals surface area contributed by atoms with E-state index < -0.39 is 0 Å². The second kappa shape index (κ2) is 6.02. The minimum Gasteiger partial charge on any atom is -0.381 e. The van der Waals surface area contributed by atoms with Crippen LogP contribution in [0.1, 0.15) is 39.0 Å². The normalized spacial score (nSPS) is 25.8. The molecule has 1 aliphatic carbocycles. The number of nitrogens with zero attached hydrogens (tertiary/aromatic N) is 1. The van der Waals surface area contributed by atoms with Crippen molar-refractivity contribution >= 4 is 5.91 Å². The van der Waals surface area contributed by atoms with Crippen LogP contribution in [0.4, 0.5) is 0 Å². The van der Waals surface area contributed by atoms with Crippen LogP contribution in [0, 0.1) is 11.3 Å². The predicted octanol–water partition coefficient (Wildman–Crippen LogP) is 1.39. The zero-order valence-electron chi connectivity index (χ0n) is 11.5. The van der Waals surface area contributed by atoms with Crippen molar-refractivity contribution in [2.75, 3.05) is 32.8 Å². The average molecular weight is 254 g/mol. The second-order valence-corrected chi connectivity index (χ2v) is 5.90. The lowest BCUT2D eigenvalue weighted by Gasteiger charge is -2.41. The van der Waals surface area contributed by atoms with Gasteiger partial charge in [0.1, 0.15) is 0 Å². The molecule has 104 valence electrons. The SMILES string of the molecule is CCN(CC1CCOC1)C(=O)CC1(CN)CCC1. The zero-order valence-corrected chi connectivity index (χ0v) is 11.5. The Labute approximate surface area is 110 Å². The summed E-state index contributed by atoms with van der Waals surface area (Å²) in [6, 6.07) is 0. The Morgan fingerprint density at radius 3 is 2.72 bits per heavy atom. The number of amides is 1. The summed E-state index contributed by atoms with van der Waals surface area (Å²) in [5.41, 5.74) is 5.95. The Morgan fingerprint density at radius 1 is 1.50 bits per heavy atom. The van der Waals surface area contributed by atoms with Crippen molar-refractivity contribution in [3.05, 3.63) is 0 Å². The van der Waals surface area contributed by atoms with Gasteiger partial charge in [0, 0.05) is 32.0 Å². The topological polar surface area (TPSA) is 55.6 Å². The Bertz CT molecular complexity index is 278. The van der Waals surface area contributed by atoms with E-state index in [1.165, 1.54) is 6.42 Å². The van der Waals surface area contributed by atoms with Crippen LogP contribution in [0.3, 0.4) is 0 Å². The van der Waals surface area contributed by atoms with Crippen LogP contribution in [0.2, 0.25) is 0 Å².